The van der Waals surface area contributed by atoms with Crippen LogP contribution in [-0.2, 0) is 4.79 Å². The Hall–Kier alpha value is -2.47. The first-order valence-electron chi connectivity index (χ1n) is 5.77. The molecule has 101 valence electrons. The maximum atomic E-state index is 12.0. The first kappa shape index (κ1) is 14.0. The van der Waals surface area contributed by atoms with E-state index in [1.807, 2.05) is 0 Å². The second-order valence-electron chi connectivity index (χ2n) is 4.02. The summed E-state index contributed by atoms with van der Waals surface area (Å²) in [5, 5.41) is 5.42. The number of amides is 2. The molecule has 0 aliphatic carbocycles. The van der Waals surface area contributed by atoms with E-state index in [1.165, 1.54) is 22.8 Å². The molecule has 2 N–H and O–H groups in total. The highest BCUT2D eigenvalue weighted by Crippen LogP contribution is 2.13. The van der Waals surface area contributed by atoms with Crippen LogP contribution in [0.15, 0.2) is 52.0 Å². The molecule has 1 atom stereocenters. The number of carbonyl (C=O) groups excluding carboxylic acids is 2. The van der Waals surface area contributed by atoms with Crippen molar-refractivity contribution in [3.05, 3.63) is 68.5 Å². The number of hydrogen-bond acceptors (Lipinski definition) is 4. The van der Waals surface area contributed by atoms with Crippen molar-refractivity contribution in [2.45, 2.75) is 6.04 Å². The third kappa shape index (κ3) is 3.10. The summed E-state index contributed by atoms with van der Waals surface area (Å²) in [5.41, 5.74) is 7.32. The Morgan fingerprint density at radius 1 is 1.15 bits per heavy atom. The average molecular weight is 287 g/mol. The Labute approximate surface area is 119 Å². The fourth-order valence-corrected chi connectivity index (χ4v) is 2.32. The standard InChI is InChI=1S/C14H11N2O3S/c15-13(18)12(9-4-2-1-3-5-9)16-14(19)10-8-20-7-6-11(10)17/h1-8,12,15H,(H,16,19). The highest BCUT2D eigenvalue weighted by Gasteiger charge is 2.22. The van der Waals surface area contributed by atoms with E-state index in [2.05, 4.69) is 5.32 Å². The van der Waals surface area contributed by atoms with E-state index in [0.717, 1.165) is 0 Å². The van der Waals surface area contributed by atoms with E-state index in [4.69, 9.17) is 5.73 Å². The maximum Gasteiger partial charge on any atom is 0.265 e. The predicted molar refractivity (Wildman–Crippen MR) is 75.3 cm³/mol. The molecule has 1 radical (unpaired) electrons. The summed E-state index contributed by atoms with van der Waals surface area (Å²) in [4.78, 5) is 34.9. The molecule has 2 rings (SSSR count). The summed E-state index contributed by atoms with van der Waals surface area (Å²) < 4.78 is 0. The van der Waals surface area contributed by atoms with Gasteiger partial charge in [0.2, 0.25) is 0 Å². The zero-order valence-corrected chi connectivity index (χ0v) is 11.1. The first-order chi connectivity index (χ1) is 9.59. The number of rotatable bonds is 4. The van der Waals surface area contributed by atoms with Gasteiger partial charge in [0.25, 0.3) is 11.8 Å². The van der Waals surface area contributed by atoms with E-state index in [1.54, 1.807) is 35.7 Å². The Balaban J connectivity index is 2.26. The molecule has 0 saturated carbocycles. The van der Waals surface area contributed by atoms with Gasteiger partial charge in [-0.15, -0.1) is 0 Å². The van der Waals surface area contributed by atoms with E-state index >= 15 is 0 Å². The van der Waals surface area contributed by atoms with Crippen LogP contribution >= 0.6 is 11.3 Å². The molecular formula is C14H11N2O3S. The molecule has 0 saturated heterocycles. The van der Waals surface area contributed by atoms with Gasteiger partial charge in [-0.05, 0) is 17.0 Å². The monoisotopic (exact) mass is 287 g/mol. The van der Waals surface area contributed by atoms with Crippen molar-refractivity contribution < 1.29 is 9.59 Å². The van der Waals surface area contributed by atoms with Crippen molar-refractivity contribution >= 4 is 23.2 Å². The van der Waals surface area contributed by atoms with Gasteiger partial charge in [0, 0.05) is 5.38 Å². The van der Waals surface area contributed by atoms with Gasteiger partial charge in [0.1, 0.15) is 6.04 Å². The van der Waals surface area contributed by atoms with Crippen LogP contribution in [-0.4, -0.2) is 11.8 Å². The van der Waals surface area contributed by atoms with E-state index < -0.39 is 23.3 Å². The molecule has 0 aliphatic heterocycles. The van der Waals surface area contributed by atoms with Crippen molar-refractivity contribution in [3.8, 4) is 0 Å². The maximum absolute atomic E-state index is 12.0. The number of nitrogens with one attached hydrogen (secondary N) is 2. The summed E-state index contributed by atoms with van der Waals surface area (Å²) in [6.07, 6.45) is 0. The van der Waals surface area contributed by atoms with Crippen LogP contribution in [0.5, 0.6) is 0 Å². The fourth-order valence-electron chi connectivity index (χ4n) is 1.68. The van der Waals surface area contributed by atoms with Gasteiger partial charge in [-0.1, -0.05) is 30.3 Å². The molecule has 1 aromatic heterocycles. The minimum Gasteiger partial charge on any atom is -0.336 e. The van der Waals surface area contributed by atoms with Crippen molar-refractivity contribution in [2.24, 2.45) is 0 Å². The van der Waals surface area contributed by atoms with Crippen molar-refractivity contribution in [3.63, 3.8) is 0 Å². The van der Waals surface area contributed by atoms with E-state index in [0.29, 0.717) is 5.56 Å². The van der Waals surface area contributed by atoms with Crippen LogP contribution in [0.3, 0.4) is 0 Å². The highest BCUT2D eigenvalue weighted by molar-refractivity contribution is 7.07. The average Bonchev–Trinajstić information content (AvgIpc) is 2.45. The van der Waals surface area contributed by atoms with Crippen LogP contribution in [0.25, 0.3) is 0 Å². The molecule has 2 amide bonds. The summed E-state index contributed by atoms with van der Waals surface area (Å²) in [6.45, 7) is 0. The van der Waals surface area contributed by atoms with Gasteiger partial charge in [-0.3, -0.25) is 20.1 Å². The predicted octanol–water partition coefficient (Wildman–Crippen LogP) is 1.39. The Kier molecular flexibility index (Phi) is 4.27. The molecule has 5 nitrogen and oxygen atoms in total. The van der Waals surface area contributed by atoms with Crippen LogP contribution in [0, 0.1) is 0 Å². The molecule has 1 unspecified atom stereocenters. The Bertz CT molecular complexity index is 682. The summed E-state index contributed by atoms with van der Waals surface area (Å²) in [7, 11) is 0. The quantitative estimate of drug-likeness (QED) is 0.921. The largest absolute Gasteiger partial charge is 0.336 e. The smallest absolute Gasteiger partial charge is 0.265 e. The SMILES string of the molecule is [NH]C(=O)C(NC(=O)c1csccc1=O)c1ccccc1. The van der Waals surface area contributed by atoms with E-state index in [-0.39, 0.29) is 5.56 Å². The van der Waals surface area contributed by atoms with Crippen molar-refractivity contribution in [1.29, 1.82) is 0 Å². The lowest BCUT2D eigenvalue weighted by molar-refractivity contribution is -0.120. The topological polar surface area (TPSA) is 87.0 Å². The van der Waals surface area contributed by atoms with Crippen LogP contribution < -0.4 is 16.5 Å². The number of benzene rings is 1. The lowest BCUT2D eigenvalue weighted by atomic mass is 10.1. The van der Waals surface area contributed by atoms with Gasteiger partial charge < -0.3 is 5.32 Å². The second kappa shape index (κ2) is 6.12. The molecule has 0 aliphatic rings. The molecule has 1 heterocycles. The first-order valence-corrected chi connectivity index (χ1v) is 6.71. The minimum atomic E-state index is -1.08. The van der Waals surface area contributed by atoms with Crippen LogP contribution in [0.4, 0.5) is 0 Å². The molecule has 1 aromatic carbocycles. The molecule has 0 fully saturated rings. The van der Waals surface area contributed by atoms with Crippen LogP contribution in [0.1, 0.15) is 22.0 Å². The number of hydrogen-bond donors (Lipinski definition) is 1. The zero-order chi connectivity index (χ0) is 14.5. The van der Waals surface area contributed by atoms with Gasteiger partial charge in [0.15, 0.2) is 5.43 Å². The van der Waals surface area contributed by atoms with E-state index in [9.17, 15) is 14.4 Å². The molecule has 0 spiro atoms. The summed E-state index contributed by atoms with van der Waals surface area (Å²) >= 11 is 1.21. The number of carbonyl (C=O) groups is 2. The molecule has 20 heavy (non-hydrogen) atoms. The van der Waals surface area contributed by atoms with Gasteiger partial charge in [-0.2, -0.15) is 11.3 Å². The zero-order valence-electron chi connectivity index (χ0n) is 10.3. The Morgan fingerprint density at radius 2 is 1.85 bits per heavy atom. The van der Waals surface area contributed by atoms with Gasteiger partial charge in [0.05, 0.1) is 5.56 Å². The molecule has 0 bridgehead atoms. The Morgan fingerprint density at radius 3 is 2.45 bits per heavy atom. The van der Waals surface area contributed by atoms with Crippen LogP contribution in [0.2, 0.25) is 0 Å². The molecular weight excluding hydrogens is 276 g/mol. The van der Waals surface area contributed by atoms with Crippen molar-refractivity contribution in [2.75, 3.05) is 0 Å². The lowest BCUT2D eigenvalue weighted by Gasteiger charge is -2.14. The van der Waals surface area contributed by atoms with Gasteiger partial charge in [-0.25, -0.2) is 0 Å². The molecule has 6 heteroatoms. The third-order valence-electron chi connectivity index (χ3n) is 2.66. The summed E-state index contributed by atoms with van der Waals surface area (Å²) in [6, 6.07) is 8.69. The normalized spacial score (nSPS) is 11.6. The fraction of sp³-hybridized carbons (Fsp3) is 0.0714. The second-order valence-corrected chi connectivity index (χ2v) is 4.80. The minimum absolute atomic E-state index is 0.0281. The third-order valence-corrected chi connectivity index (χ3v) is 3.33. The summed E-state index contributed by atoms with van der Waals surface area (Å²) in [5.74, 6) is -1.59. The lowest BCUT2D eigenvalue weighted by Crippen LogP contribution is -2.36. The van der Waals surface area contributed by atoms with Crippen molar-refractivity contribution in [1.82, 2.24) is 11.1 Å². The highest BCUT2D eigenvalue weighted by atomic mass is 32.1. The van der Waals surface area contributed by atoms with Gasteiger partial charge >= 0.3 is 0 Å². The molecule has 2 aromatic rings.